The van der Waals surface area contributed by atoms with E-state index in [4.69, 9.17) is 9.47 Å². The van der Waals surface area contributed by atoms with E-state index < -0.39 is 6.16 Å². The number of rotatable bonds is 6. The van der Waals surface area contributed by atoms with Crippen LogP contribution < -0.4 is 10.2 Å². The molecule has 0 atom stereocenters. The SMILES string of the molecule is C=COC(=O)OCc1cc2c(=O)c3ccccc3sc2cc1OCCC. The van der Waals surface area contributed by atoms with Crippen LogP contribution in [-0.2, 0) is 16.1 Å². The van der Waals surface area contributed by atoms with E-state index in [0.29, 0.717) is 28.7 Å². The summed E-state index contributed by atoms with van der Waals surface area (Å²) in [6.45, 7) is 5.78. The number of carbonyl (C=O) groups is 1. The lowest BCUT2D eigenvalue weighted by molar-refractivity contribution is 0.0781. The number of hydrogen-bond acceptors (Lipinski definition) is 6. The van der Waals surface area contributed by atoms with E-state index in [2.05, 4.69) is 11.3 Å². The van der Waals surface area contributed by atoms with Gasteiger partial charge in [-0.05, 0) is 30.7 Å². The first-order chi connectivity index (χ1) is 12.6. The highest BCUT2D eigenvalue weighted by atomic mass is 32.1. The molecule has 2 aromatic carbocycles. The third-order valence-corrected chi connectivity index (χ3v) is 4.88. The molecule has 0 fully saturated rings. The summed E-state index contributed by atoms with van der Waals surface area (Å²) in [6.07, 6.45) is 0.983. The molecule has 6 heteroatoms. The highest BCUT2D eigenvalue weighted by molar-refractivity contribution is 7.24. The summed E-state index contributed by atoms with van der Waals surface area (Å²) in [5, 5.41) is 1.25. The summed E-state index contributed by atoms with van der Waals surface area (Å²) in [7, 11) is 0. The van der Waals surface area contributed by atoms with Crippen LogP contribution in [0.25, 0.3) is 20.2 Å². The Hall–Kier alpha value is -2.86. The maximum absolute atomic E-state index is 12.8. The molecule has 26 heavy (non-hydrogen) atoms. The zero-order valence-corrected chi connectivity index (χ0v) is 15.1. The zero-order valence-electron chi connectivity index (χ0n) is 14.3. The van der Waals surface area contributed by atoms with Crippen LogP contribution in [0.5, 0.6) is 5.75 Å². The van der Waals surface area contributed by atoms with Crippen LogP contribution in [0.1, 0.15) is 18.9 Å². The number of benzene rings is 2. The van der Waals surface area contributed by atoms with E-state index in [1.807, 2.05) is 37.3 Å². The molecular formula is C20H18O5S. The smallest absolute Gasteiger partial charge is 0.493 e. The minimum atomic E-state index is -0.856. The van der Waals surface area contributed by atoms with E-state index in [0.717, 1.165) is 22.1 Å². The van der Waals surface area contributed by atoms with Gasteiger partial charge in [-0.3, -0.25) is 4.79 Å². The van der Waals surface area contributed by atoms with Gasteiger partial charge >= 0.3 is 6.16 Å². The normalized spacial score (nSPS) is 10.7. The van der Waals surface area contributed by atoms with Gasteiger partial charge < -0.3 is 14.2 Å². The Morgan fingerprint density at radius 1 is 1.19 bits per heavy atom. The lowest BCUT2D eigenvalue weighted by Gasteiger charge is -2.13. The van der Waals surface area contributed by atoms with Crippen LogP contribution in [0.3, 0.4) is 0 Å². The van der Waals surface area contributed by atoms with Crippen molar-refractivity contribution in [3.8, 4) is 5.75 Å². The van der Waals surface area contributed by atoms with Crippen molar-refractivity contribution in [2.45, 2.75) is 20.0 Å². The molecule has 0 N–H and O–H groups in total. The van der Waals surface area contributed by atoms with Crippen LogP contribution >= 0.6 is 11.3 Å². The van der Waals surface area contributed by atoms with Gasteiger partial charge in [0, 0.05) is 25.7 Å². The molecule has 3 aromatic rings. The second kappa shape index (κ2) is 8.01. The Balaban J connectivity index is 2.09. The van der Waals surface area contributed by atoms with Gasteiger partial charge in [0.1, 0.15) is 12.4 Å². The summed E-state index contributed by atoms with van der Waals surface area (Å²) < 4.78 is 17.2. The Bertz CT molecular complexity index is 1020. The van der Waals surface area contributed by atoms with Crippen molar-refractivity contribution in [3.63, 3.8) is 0 Å². The summed E-state index contributed by atoms with van der Waals surface area (Å²) in [5.74, 6) is 0.594. The third kappa shape index (κ3) is 3.70. The fourth-order valence-corrected chi connectivity index (χ4v) is 3.65. The third-order valence-electron chi connectivity index (χ3n) is 3.75. The lowest BCUT2D eigenvalue weighted by Crippen LogP contribution is -2.08. The van der Waals surface area contributed by atoms with Gasteiger partial charge in [0.2, 0.25) is 0 Å². The molecule has 5 nitrogen and oxygen atoms in total. The van der Waals surface area contributed by atoms with Crippen LogP contribution in [0.2, 0.25) is 0 Å². The van der Waals surface area contributed by atoms with E-state index in [1.54, 1.807) is 6.07 Å². The van der Waals surface area contributed by atoms with Crippen molar-refractivity contribution in [1.29, 1.82) is 0 Å². The maximum atomic E-state index is 12.8. The van der Waals surface area contributed by atoms with E-state index in [9.17, 15) is 9.59 Å². The van der Waals surface area contributed by atoms with Crippen LogP contribution in [0.4, 0.5) is 4.79 Å². The highest BCUT2D eigenvalue weighted by Crippen LogP contribution is 2.31. The molecule has 0 amide bonds. The summed E-state index contributed by atoms with van der Waals surface area (Å²) >= 11 is 1.53. The van der Waals surface area contributed by atoms with Gasteiger partial charge in [0.25, 0.3) is 0 Å². The van der Waals surface area contributed by atoms with Crippen molar-refractivity contribution in [3.05, 3.63) is 65.0 Å². The Morgan fingerprint density at radius 2 is 2.00 bits per heavy atom. The number of fused-ring (bicyclic) bond motifs is 2. The molecule has 3 rings (SSSR count). The molecule has 0 aliphatic heterocycles. The average molecular weight is 370 g/mol. The zero-order chi connectivity index (χ0) is 18.5. The standard InChI is InChI=1S/C20H18O5S/c1-3-9-24-16-11-18-15(10-13(16)12-25-20(22)23-4-2)19(21)14-7-5-6-8-17(14)26-18/h4-8,10-11H,2-3,9,12H2,1H3. The monoisotopic (exact) mass is 370 g/mol. The average Bonchev–Trinajstić information content (AvgIpc) is 2.65. The first kappa shape index (κ1) is 17.9. The Morgan fingerprint density at radius 3 is 2.77 bits per heavy atom. The summed E-state index contributed by atoms with van der Waals surface area (Å²) in [4.78, 5) is 24.3. The highest BCUT2D eigenvalue weighted by Gasteiger charge is 2.13. The molecule has 1 heterocycles. The maximum Gasteiger partial charge on any atom is 0.513 e. The molecule has 0 radical (unpaired) electrons. The van der Waals surface area contributed by atoms with Crippen molar-refractivity contribution in [2.24, 2.45) is 0 Å². The summed E-state index contributed by atoms with van der Waals surface area (Å²) in [6, 6.07) is 11.1. The van der Waals surface area contributed by atoms with Crippen LogP contribution in [0, 0.1) is 0 Å². The fraction of sp³-hybridized carbons (Fsp3) is 0.200. The minimum absolute atomic E-state index is 0.0497. The van der Waals surface area contributed by atoms with Gasteiger partial charge in [-0.2, -0.15) is 0 Å². The molecule has 0 saturated carbocycles. The molecule has 1 aromatic heterocycles. The number of ether oxygens (including phenoxy) is 3. The molecule has 0 aliphatic rings. The summed E-state index contributed by atoms with van der Waals surface area (Å²) in [5.41, 5.74) is 0.567. The van der Waals surface area contributed by atoms with Gasteiger partial charge in [-0.1, -0.05) is 25.6 Å². The van der Waals surface area contributed by atoms with Gasteiger partial charge in [0.05, 0.1) is 12.9 Å². The van der Waals surface area contributed by atoms with Gasteiger partial charge in [-0.15, -0.1) is 11.3 Å². The van der Waals surface area contributed by atoms with Crippen molar-refractivity contribution >= 4 is 37.7 Å². The second-order valence-corrected chi connectivity index (χ2v) is 6.64. The number of hydrogen-bond donors (Lipinski definition) is 0. The van der Waals surface area contributed by atoms with Crippen molar-refractivity contribution in [2.75, 3.05) is 6.61 Å². The topological polar surface area (TPSA) is 61.8 Å². The fourth-order valence-electron chi connectivity index (χ4n) is 2.57. The molecule has 0 bridgehead atoms. The van der Waals surface area contributed by atoms with Gasteiger partial charge in [-0.25, -0.2) is 4.79 Å². The predicted octanol–water partition coefficient (Wildman–Crippen LogP) is 5.00. The largest absolute Gasteiger partial charge is 0.513 e. The van der Waals surface area contributed by atoms with E-state index >= 15 is 0 Å². The van der Waals surface area contributed by atoms with Crippen molar-refractivity contribution in [1.82, 2.24) is 0 Å². The lowest BCUT2D eigenvalue weighted by atomic mass is 10.1. The van der Waals surface area contributed by atoms with Crippen LogP contribution in [0.15, 0.2) is 54.0 Å². The van der Waals surface area contributed by atoms with E-state index in [1.165, 1.54) is 11.3 Å². The van der Waals surface area contributed by atoms with Crippen LogP contribution in [-0.4, -0.2) is 12.8 Å². The van der Waals surface area contributed by atoms with Crippen molar-refractivity contribution < 1.29 is 19.0 Å². The molecule has 134 valence electrons. The predicted molar refractivity (Wildman–Crippen MR) is 103 cm³/mol. The molecule has 0 saturated heterocycles. The minimum Gasteiger partial charge on any atom is -0.493 e. The quantitative estimate of drug-likeness (QED) is 0.347. The van der Waals surface area contributed by atoms with E-state index in [-0.39, 0.29) is 12.0 Å². The van der Waals surface area contributed by atoms with Gasteiger partial charge in [0.15, 0.2) is 5.43 Å². The Kier molecular flexibility index (Phi) is 5.53. The molecule has 0 spiro atoms. The molecule has 0 unspecified atom stereocenters. The Labute approximate surface area is 154 Å². The first-order valence-electron chi connectivity index (χ1n) is 8.19. The molecular weight excluding hydrogens is 352 g/mol. The first-order valence-corrected chi connectivity index (χ1v) is 9.01. The number of carbonyl (C=O) groups excluding carboxylic acids is 1. The molecule has 0 aliphatic carbocycles. The second-order valence-electron chi connectivity index (χ2n) is 5.56.